The third-order valence-electron chi connectivity index (χ3n) is 4.70. The molecule has 0 atom stereocenters. The molecule has 144 valence electrons. The van der Waals surface area contributed by atoms with Crippen molar-refractivity contribution in [2.75, 3.05) is 0 Å². The number of para-hydroxylation sites is 1. The molecule has 0 radical (unpaired) electrons. The summed E-state index contributed by atoms with van der Waals surface area (Å²) in [5, 5.41) is 3.32. The number of nitrogens with one attached hydrogen (secondary N) is 1. The number of amides is 1. The first-order chi connectivity index (χ1) is 13.6. The first kappa shape index (κ1) is 20.8. The van der Waals surface area contributed by atoms with E-state index in [-0.39, 0.29) is 38.0 Å². The van der Waals surface area contributed by atoms with Crippen molar-refractivity contribution in [1.82, 2.24) is 9.88 Å². The monoisotopic (exact) mass is 551 g/mol. The van der Waals surface area contributed by atoms with E-state index in [2.05, 4.69) is 11.4 Å². The zero-order valence-corrected chi connectivity index (χ0v) is 18.8. The number of aromatic nitrogens is 1. The average Bonchev–Trinajstić information content (AvgIpc) is 2.74. The van der Waals surface area contributed by atoms with Crippen LogP contribution in [-0.2, 0) is 27.6 Å². The second-order valence-corrected chi connectivity index (χ2v) is 6.69. The molecular formula is C24H19N2O2W-. The van der Waals surface area contributed by atoms with Crippen LogP contribution in [-0.4, -0.2) is 10.5 Å². The molecule has 4 nitrogen and oxygen atoms in total. The molecule has 1 aromatic heterocycles. The second-order valence-electron chi connectivity index (χ2n) is 6.69. The molecular weight excluding hydrogens is 532 g/mol. The molecule has 0 fully saturated rings. The number of pyridine rings is 1. The predicted molar refractivity (Wildman–Crippen MR) is 111 cm³/mol. The third kappa shape index (κ3) is 4.38. The largest absolute Gasteiger partial charge is 0.348 e. The molecule has 4 aromatic rings. The predicted octanol–water partition coefficient (Wildman–Crippen LogP) is 4.03. The van der Waals surface area contributed by atoms with Gasteiger partial charge in [0.15, 0.2) is 0 Å². The number of nitrogens with zero attached hydrogens (tertiary/aromatic N) is 1. The van der Waals surface area contributed by atoms with Crippen LogP contribution < -0.4 is 10.7 Å². The van der Waals surface area contributed by atoms with E-state index in [0.29, 0.717) is 11.9 Å². The van der Waals surface area contributed by atoms with E-state index >= 15 is 0 Å². The van der Waals surface area contributed by atoms with Crippen molar-refractivity contribution in [3.05, 3.63) is 112 Å². The van der Waals surface area contributed by atoms with Gasteiger partial charge in [0.1, 0.15) is 5.43 Å². The maximum absolute atomic E-state index is 12.9. The van der Waals surface area contributed by atoms with Crippen LogP contribution in [0.5, 0.6) is 0 Å². The summed E-state index contributed by atoms with van der Waals surface area (Å²) in [5.74, 6) is -0.388. The van der Waals surface area contributed by atoms with E-state index in [1.165, 1.54) is 0 Å². The number of carbonyl (C=O) groups excluding carboxylic acids is 1. The van der Waals surface area contributed by atoms with Crippen LogP contribution in [0.2, 0.25) is 0 Å². The number of hydrogen-bond acceptors (Lipinski definition) is 2. The van der Waals surface area contributed by atoms with E-state index in [0.717, 1.165) is 22.3 Å². The van der Waals surface area contributed by atoms with Gasteiger partial charge in [-0.2, -0.15) is 18.2 Å². The van der Waals surface area contributed by atoms with Crippen LogP contribution in [0.25, 0.3) is 16.6 Å². The SMILES string of the molecule is Cc1ccc(CNC(=O)c2cn(-c3ccccc3)c3cc[c-]cc3c2=O)cc1.[W]. The van der Waals surface area contributed by atoms with Gasteiger partial charge in [-0.3, -0.25) is 4.79 Å². The molecule has 0 aliphatic rings. The Balaban J connectivity index is 0.00000240. The molecule has 5 heteroatoms. The van der Waals surface area contributed by atoms with Gasteiger partial charge in [-0.1, -0.05) is 58.9 Å². The third-order valence-corrected chi connectivity index (χ3v) is 4.70. The van der Waals surface area contributed by atoms with E-state index in [1.54, 1.807) is 18.3 Å². The molecule has 0 aliphatic heterocycles. The summed E-state index contributed by atoms with van der Waals surface area (Å²) in [7, 11) is 0. The summed E-state index contributed by atoms with van der Waals surface area (Å²) in [6.07, 6.45) is 1.62. The fourth-order valence-electron chi connectivity index (χ4n) is 3.16. The molecule has 0 saturated heterocycles. The van der Waals surface area contributed by atoms with Crippen molar-refractivity contribution in [3.63, 3.8) is 0 Å². The normalized spacial score (nSPS) is 10.4. The molecule has 1 heterocycles. The Hall–Kier alpha value is -2.97. The zero-order chi connectivity index (χ0) is 19.5. The molecule has 1 N–H and O–H groups in total. The average molecular weight is 551 g/mol. The van der Waals surface area contributed by atoms with Gasteiger partial charge in [-0.25, -0.2) is 0 Å². The van der Waals surface area contributed by atoms with Crippen LogP contribution in [0.3, 0.4) is 0 Å². The Morgan fingerprint density at radius 2 is 1.76 bits per heavy atom. The van der Waals surface area contributed by atoms with E-state index < -0.39 is 0 Å². The van der Waals surface area contributed by atoms with Gasteiger partial charge >= 0.3 is 0 Å². The van der Waals surface area contributed by atoms with Gasteiger partial charge in [-0.05, 0) is 24.6 Å². The fraction of sp³-hybridized carbons (Fsp3) is 0.0833. The topological polar surface area (TPSA) is 51.1 Å². The molecule has 29 heavy (non-hydrogen) atoms. The van der Waals surface area contributed by atoms with Crippen LogP contribution in [0.15, 0.2) is 83.8 Å². The van der Waals surface area contributed by atoms with Crippen molar-refractivity contribution >= 4 is 16.8 Å². The number of carbonyl (C=O) groups is 1. The standard InChI is InChI=1S/C24H19N2O2.W/c1-17-11-13-18(14-12-17)15-25-24(28)21-16-26(19-7-3-2-4-8-19)22-10-6-5-9-20(22)23(21)27;/h2-4,6-14,16H,15H2,1H3,(H,25,28);/q-1;. The molecule has 0 aliphatic carbocycles. The Morgan fingerprint density at radius 1 is 1.03 bits per heavy atom. The van der Waals surface area contributed by atoms with Crippen molar-refractivity contribution < 1.29 is 25.9 Å². The maximum Gasteiger partial charge on any atom is 0.255 e. The number of hydrogen-bond donors (Lipinski definition) is 1. The number of aryl methyl sites for hydroxylation is 1. The molecule has 0 saturated carbocycles. The maximum atomic E-state index is 12.9. The van der Waals surface area contributed by atoms with Crippen LogP contribution in [0.1, 0.15) is 21.5 Å². The molecule has 0 spiro atoms. The molecule has 4 rings (SSSR count). The first-order valence-electron chi connectivity index (χ1n) is 9.08. The molecule has 3 aromatic carbocycles. The summed E-state index contributed by atoms with van der Waals surface area (Å²) in [6.45, 7) is 2.38. The quantitative estimate of drug-likeness (QED) is 0.390. The van der Waals surface area contributed by atoms with Gasteiger partial charge in [0.25, 0.3) is 5.91 Å². The van der Waals surface area contributed by atoms with Crippen molar-refractivity contribution in [2.24, 2.45) is 0 Å². The van der Waals surface area contributed by atoms with Crippen LogP contribution >= 0.6 is 0 Å². The van der Waals surface area contributed by atoms with Crippen molar-refractivity contribution in [1.29, 1.82) is 0 Å². The minimum atomic E-state index is -0.388. The van der Waals surface area contributed by atoms with E-state index in [4.69, 9.17) is 0 Å². The summed E-state index contributed by atoms with van der Waals surface area (Å²) >= 11 is 0. The summed E-state index contributed by atoms with van der Waals surface area (Å²) in [6, 6.07) is 25.7. The Bertz CT molecular complexity index is 1200. The Morgan fingerprint density at radius 3 is 2.48 bits per heavy atom. The molecule has 0 bridgehead atoms. The Labute approximate surface area is 183 Å². The second kappa shape index (κ2) is 9.02. The van der Waals surface area contributed by atoms with Crippen LogP contribution in [0.4, 0.5) is 0 Å². The van der Waals surface area contributed by atoms with E-state index in [9.17, 15) is 9.59 Å². The summed E-state index contributed by atoms with van der Waals surface area (Å²) < 4.78 is 1.87. The zero-order valence-electron chi connectivity index (χ0n) is 15.9. The van der Waals surface area contributed by atoms with Gasteiger partial charge in [0, 0.05) is 39.5 Å². The molecule has 0 unspecified atom stereocenters. The van der Waals surface area contributed by atoms with Gasteiger partial charge in [-0.15, -0.1) is 6.07 Å². The van der Waals surface area contributed by atoms with Gasteiger partial charge in [0.2, 0.25) is 0 Å². The summed E-state index contributed by atoms with van der Waals surface area (Å²) in [5.41, 5.74) is 3.59. The van der Waals surface area contributed by atoms with Crippen molar-refractivity contribution in [2.45, 2.75) is 13.5 Å². The fourth-order valence-corrected chi connectivity index (χ4v) is 3.16. The van der Waals surface area contributed by atoms with Crippen LogP contribution in [0, 0.1) is 13.0 Å². The number of fused-ring (bicyclic) bond motifs is 1. The van der Waals surface area contributed by atoms with Gasteiger partial charge < -0.3 is 14.7 Å². The summed E-state index contributed by atoms with van der Waals surface area (Å²) in [4.78, 5) is 25.7. The van der Waals surface area contributed by atoms with Crippen molar-refractivity contribution in [3.8, 4) is 5.69 Å². The minimum Gasteiger partial charge on any atom is -0.348 e. The first-order valence-corrected chi connectivity index (χ1v) is 9.08. The smallest absolute Gasteiger partial charge is 0.255 e. The van der Waals surface area contributed by atoms with Gasteiger partial charge in [0.05, 0.1) is 5.56 Å². The number of benzene rings is 3. The number of rotatable bonds is 4. The Kier molecular flexibility index (Phi) is 6.45. The minimum absolute atomic E-state index is 0. The van der Waals surface area contributed by atoms with E-state index in [1.807, 2.05) is 72.2 Å². The molecule has 1 amide bonds.